The molecule has 2 aliphatic carbocycles. The van der Waals surface area contributed by atoms with Crippen molar-refractivity contribution >= 4 is 0 Å². The van der Waals surface area contributed by atoms with E-state index in [1.54, 1.807) is 0 Å². The van der Waals surface area contributed by atoms with Gasteiger partial charge in [-0.05, 0) is 50.4 Å². The molecule has 2 saturated carbocycles. The minimum Gasteiger partial charge on any atom is -0.375 e. The van der Waals surface area contributed by atoms with Gasteiger partial charge in [-0.3, -0.25) is 11.3 Å². The highest BCUT2D eigenvalue weighted by Crippen LogP contribution is 2.44. The van der Waals surface area contributed by atoms with Crippen LogP contribution >= 0.6 is 0 Å². The normalized spacial score (nSPS) is 32.7. The number of ether oxygens (including phenoxy) is 1. The summed E-state index contributed by atoms with van der Waals surface area (Å²) in [6, 6.07) is 0.518. The lowest BCUT2D eigenvalue weighted by Gasteiger charge is -2.43. The van der Waals surface area contributed by atoms with E-state index in [2.05, 4.69) is 5.43 Å². The van der Waals surface area contributed by atoms with Crippen molar-refractivity contribution in [3.05, 3.63) is 0 Å². The van der Waals surface area contributed by atoms with Gasteiger partial charge in [-0.15, -0.1) is 0 Å². The molecule has 1 spiro atoms. The summed E-state index contributed by atoms with van der Waals surface area (Å²) in [7, 11) is 0. The Hall–Kier alpha value is -0.120. The Labute approximate surface area is 130 Å². The third-order valence-corrected chi connectivity index (χ3v) is 6.40. The molecule has 3 heteroatoms. The van der Waals surface area contributed by atoms with E-state index in [1.807, 2.05) is 0 Å². The first-order valence-corrected chi connectivity index (χ1v) is 9.43. The summed E-state index contributed by atoms with van der Waals surface area (Å²) in [5.41, 5.74) is 3.46. The molecule has 3 rings (SSSR count). The second kappa shape index (κ2) is 7.43. The van der Waals surface area contributed by atoms with Gasteiger partial charge < -0.3 is 4.74 Å². The smallest absolute Gasteiger partial charge is 0.0685 e. The van der Waals surface area contributed by atoms with Crippen molar-refractivity contribution in [2.24, 2.45) is 17.7 Å². The zero-order chi connectivity index (χ0) is 14.5. The summed E-state index contributed by atoms with van der Waals surface area (Å²) in [4.78, 5) is 0. The average molecular weight is 294 g/mol. The van der Waals surface area contributed by atoms with Gasteiger partial charge in [0, 0.05) is 12.6 Å². The molecule has 0 aromatic heterocycles. The van der Waals surface area contributed by atoms with E-state index in [4.69, 9.17) is 10.6 Å². The zero-order valence-electron chi connectivity index (χ0n) is 13.6. The summed E-state index contributed by atoms with van der Waals surface area (Å²) in [5.74, 6) is 7.54. The molecular formula is C18H34N2O. The minimum atomic E-state index is 0.222. The van der Waals surface area contributed by atoms with Crippen LogP contribution in [0.1, 0.15) is 83.5 Å². The molecule has 0 aromatic carbocycles. The fourth-order valence-electron chi connectivity index (χ4n) is 5.24. The van der Waals surface area contributed by atoms with Gasteiger partial charge in [0.2, 0.25) is 0 Å². The first-order valence-electron chi connectivity index (χ1n) is 9.43. The topological polar surface area (TPSA) is 47.3 Å². The molecule has 0 amide bonds. The summed E-state index contributed by atoms with van der Waals surface area (Å²) < 4.78 is 6.21. The standard InChI is InChI=1S/C18H34N2O/c19-20-17(15-8-4-2-1-3-5-9-15)16-10-13-21-18(14-16)11-6-7-12-18/h15-17,20H,1-14,19H2. The van der Waals surface area contributed by atoms with Crippen molar-refractivity contribution in [1.82, 2.24) is 5.43 Å². The Morgan fingerprint density at radius 3 is 2.19 bits per heavy atom. The van der Waals surface area contributed by atoms with Gasteiger partial charge in [0.25, 0.3) is 0 Å². The molecule has 21 heavy (non-hydrogen) atoms. The van der Waals surface area contributed by atoms with Crippen molar-refractivity contribution in [3.8, 4) is 0 Å². The minimum absolute atomic E-state index is 0.222. The van der Waals surface area contributed by atoms with E-state index >= 15 is 0 Å². The summed E-state index contributed by atoms with van der Waals surface area (Å²) in [6.45, 7) is 0.954. The van der Waals surface area contributed by atoms with Crippen LogP contribution in [0.25, 0.3) is 0 Å². The third-order valence-electron chi connectivity index (χ3n) is 6.40. The Bertz CT molecular complexity index is 306. The Morgan fingerprint density at radius 1 is 0.857 bits per heavy atom. The molecule has 3 nitrogen and oxygen atoms in total. The molecule has 0 bridgehead atoms. The lowest BCUT2D eigenvalue weighted by atomic mass is 9.74. The molecule has 0 radical (unpaired) electrons. The van der Waals surface area contributed by atoms with Crippen LogP contribution in [0.15, 0.2) is 0 Å². The largest absolute Gasteiger partial charge is 0.375 e. The van der Waals surface area contributed by atoms with Gasteiger partial charge in [0.15, 0.2) is 0 Å². The number of hydrazine groups is 1. The molecule has 3 N–H and O–H groups in total. The SMILES string of the molecule is NNC(C1CCCCCCC1)C1CCOC2(CCCC2)C1. The van der Waals surface area contributed by atoms with Gasteiger partial charge in [-0.25, -0.2) is 0 Å². The highest BCUT2D eigenvalue weighted by molar-refractivity contribution is 4.95. The van der Waals surface area contributed by atoms with Crippen LogP contribution in [-0.2, 0) is 4.74 Å². The maximum Gasteiger partial charge on any atom is 0.0685 e. The molecule has 1 heterocycles. The maximum absolute atomic E-state index is 6.21. The van der Waals surface area contributed by atoms with E-state index in [0.717, 1.165) is 18.4 Å². The monoisotopic (exact) mass is 294 g/mol. The molecule has 3 aliphatic rings. The van der Waals surface area contributed by atoms with Gasteiger partial charge in [0.1, 0.15) is 0 Å². The first kappa shape index (κ1) is 15.8. The second-order valence-corrected chi connectivity index (χ2v) is 7.79. The van der Waals surface area contributed by atoms with Crippen LogP contribution in [0.5, 0.6) is 0 Å². The highest BCUT2D eigenvalue weighted by Gasteiger charge is 2.43. The van der Waals surface area contributed by atoms with E-state index in [1.165, 1.54) is 83.5 Å². The van der Waals surface area contributed by atoms with Gasteiger partial charge >= 0.3 is 0 Å². The van der Waals surface area contributed by atoms with Crippen molar-refractivity contribution in [3.63, 3.8) is 0 Å². The van der Waals surface area contributed by atoms with Gasteiger partial charge in [-0.1, -0.05) is 44.9 Å². The molecule has 2 atom stereocenters. The number of rotatable bonds is 3. The lowest BCUT2D eigenvalue weighted by Crippen LogP contribution is -2.51. The second-order valence-electron chi connectivity index (χ2n) is 7.79. The molecular weight excluding hydrogens is 260 g/mol. The fraction of sp³-hybridized carbons (Fsp3) is 1.00. The van der Waals surface area contributed by atoms with E-state index in [-0.39, 0.29) is 5.60 Å². The van der Waals surface area contributed by atoms with Crippen LogP contribution in [0.3, 0.4) is 0 Å². The van der Waals surface area contributed by atoms with Crippen molar-refractivity contribution in [2.75, 3.05) is 6.61 Å². The van der Waals surface area contributed by atoms with Gasteiger partial charge in [0.05, 0.1) is 5.60 Å². The lowest BCUT2D eigenvalue weighted by molar-refractivity contribution is -0.101. The maximum atomic E-state index is 6.21. The van der Waals surface area contributed by atoms with Crippen molar-refractivity contribution in [1.29, 1.82) is 0 Å². The summed E-state index contributed by atoms with van der Waals surface area (Å²) >= 11 is 0. The van der Waals surface area contributed by atoms with E-state index in [0.29, 0.717) is 6.04 Å². The van der Waals surface area contributed by atoms with Gasteiger partial charge in [-0.2, -0.15) is 0 Å². The summed E-state index contributed by atoms with van der Waals surface area (Å²) in [6.07, 6.45) is 17.6. The van der Waals surface area contributed by atoms with E-state index in [9.17, 15) is 0 Å². The molecule has 1 saturated heterocycles. The van der Waals surface area contributed by atoms with Crippen LogP contribution in [0.2, 0.25) is 0 Å². The van der Waals surface area contributed by atoms with Crippen molar-refractivity contribution < 1.29 is 4.74 Å². The predicted molar refractivity (Wildman–Crippen MR) is 86.8 cm³/mol. The fourth-order valence-corrected chi connectivity index (χ4v) is 5.24. The van der Waals surface area contributed by atoms with Crippen LogP contribution in [-0.4, -0.2) is 18.2 Å². The predicted octanol–water partition coefficient (Wildman–Crippen LogP) is 3.92. The third kappa shape index (κ3) is 3.80. The molecule has 2 unspecified atom stereocenters. The van der Waals surface area contributed by atoms with Crippen LogP contribution in [0, 0.1) is 11.8 Å². The first-order chi connectivity index (χ1) is 10.3. The molecule has 0 aromatic rings. The number of nitrogens with one attached hydrogen (secondary N) is 1. The molecule has 122 valence electrons. The zero-order valence-corrected chi connectivity index (χ0v) is 13.6. The highest BCUT2D eigenvalue weighted by atomic mass is 16.5. The van der Waals surface area contributed by atoms with E-state index < -0.39 is 0 Å². The Balaban J connectivity index is 1.63. The molecule has 1 aliphatic heterocycles. The number of hydrogen-bond donors (Lipinski definition) is 2. The van der Waals surface area contributed by atoms with Crippen LogP contribution < -0.4 is 11.3 Å². The number of nitrogens with two attached hydrogens (primary N) is 1. The molecule has 3 fully saturated rings. The Morgan fingerprint density at radius 2 is 1.52 bits per heavy atom. The van der Waals surface area contributed by atoms with Crippen LogP contribution in [0.4, 0.5) is 0 Å². The Kier molecular flexibility index (Phi) is 5.58. The summed E-state index contributed by atoms with van der Waals surface area (Å²) in [5, 5.41) is 0. The number of hydrogen-bond acceptors (Lipinski definition) is 3. The quantitative estimate of drug-likeness (QED) is 0.612. The average Bonchev–Trinajstić information content (AvgIpc) is 2.89. The van der Waals surface area contributed by atoms with Crippen molar-refractivity contribution in [2.45, 2.75) is 95.1 Å².